The molecule has 0 saturated carbocycles. The minimum atomic E-state index is -0.946. The van der Waals surface area contributed by atoms with Crippen LogP contribution in [0.3, 0.4) is 0 Å². The molecule has 110 valence electrons. The Hall–Kier alpha value is -2.63. The van der Waals surface area contributed by atoms with E-state index >= 15 is 0 Å². The molecule has 1 aromatic heterocycles. The molecule has 0 aliphatic carbocycles. The number of aryl methyl sites for hydroxylation is 1. The van der Waals surface area contributed by atoms with Crippen molar-refractivity contribution >= 4 is 11.9 Å². The highest BCUT2D eigenvalue weighted by Crippen LogP contribution is 2.13. The fourth-order valence-electron chi connectivity index (χ4n) is 2.01. The van der Waals surface area contributed by atoms with E-state index in [4.69, 9.17) is 5.11 Å². The number of carboxylic acid groups (broad SMARTS) is 1. The Labute approximate surface area is 122 Å². The van der Waals surface area contributed by atoms with Crippen LogP contribution in [0.15, 0.2) is 36.7 Å². The van der Waals surface area contributed by atoms with Gasteiger partial charge in [-0.05, 0) is 25.5 Å². The lowest BCUT2D eigenvalue weighted by Gasteiger charge is -2.10. The first-order chi connectivity index (χ1) is 9.97. The molecule has 0 bridgehead atoms. The average molecular weight is 287 g/mol. The van der Waals surface area contributed by atoms with Crippen molar-refractivity contribution in [1.29, 1.82) is 0 Å². The Morgan fingerprint density at radius 2 is 2.10 bits per heavy atom. The van der Waals surface area contributed by atoms with E-state index in [2.05, 4.69) is 10.4 Å². The number of carbonyl (C=O) groups is 2. The lowest BCUT2D eigenvalue weighted by molar-refractivity contribution is -0.137. The molecule has 6 heteroatoms. The van der Waals surface area contributed by atoms with Crippen molar-refractivity contribution in [1.82, 2.24) is 15.1 Å². The first-order valence-corrected chi connectivity index (χ1v) is 6.60. The summed E-state index contributed by atoms with van der Waals surface area (Å²) >= 11 is 0. The van der Waals surface area contributed by atoms with Crippen LogP contribution in [-0.2, 0) is 4.79 Å². The number of hydrogen-bond donors (Lipinski definition) is 2. The number of nitrogens with one attached hydrogen (secondary N) is 1. The zero-order valence-corrected chi connectivity index (χ0v) is 11.9. The lowest BCUT2D eigenvalue weighted by atomic mass is 10.2. The van der Waals surface area contributed by atoms with Crippen molar-refractivity contribution in [3.8, 4) is 5.69 Å². The fraction of sp³-hybridized carbons (Fsp3) is 0.267. The van der Waals surface area contributed by atoms with Crippen LogP contribution in [0.1, 0.15) is 29.3 Å². The number of para-hydroxylation sites is 1. The number of aliphatic carboxylic acids is 1. The van der Waals surface area contributed by atoms with Gasteiger partial charge in [0.25, 0.3) is 5.91 Å². The summed E-state index contributed by atoms with van der Waals surface area (Å²) in [6.45, 7) is 3.61. The zero-order valence-electron chi connectivity index (χ0n) is 11.9. The average Bonchev–Trinajstić information content (AvgIpc) is 2.87. The molecule has 1 heterocycles. The second kappa shape index (κ2) is 6.21. The highest BCUT2D eigenvalue weighted by atomic mass is 16.4. The number of nitrogens with zero attached hydrogens (tertiary/aromatic N) is 2. The molecule has 1 unspecified atom stereocenters. The van der Waals surface area contributed by atoms with E-state index in [1.165, 1.54) is 6.20 Å². The summed E-state index contributed by atoms with van der Waals surface area (Å²) in [6.07, 6.45) is 2.98. The molecule has 0 aliphatic rings. The molecule has 0 saturated heterocycles. The van der Waals surface area contributed by atoms with E-state index in [9.17, 15) is 9.59 Å². The van der Waals surface area contributed by atoms with Gasteiger partial charge in [-0.1, -0.05) is 18.2 Å². The summed E-state index contributed by atoms with van der Waals surface area (Å²) in [5, 5.41) is 15.5. The first kappa shape index (κ1) is 14.8. The van der Waals surface area contributed by atoms with Crippen LogP contribution in [0.2, 0.25) is 0 Å². The smallest absolute Gasteiger partial charge is 0.305 e. The van der Waals surface area contributed by atoms with Crippen LogP contribution in [0.4, 0.5) is 0 Å². The Kier molecular flexibility index (Phi) is 4.37. The monoisotopic (exact) mass is 287 g/mol. The molecule has 21 heavy (non-hydrogen) atoms. The van der Waals surface area contributed by atoms with Gasteiger partial charge in [0.05, 0.1) is 23.9 Å². The summed E-state index contributed by atoms with van der Waals surface area (Å²) < 4.78 is 1.63. The number of aromatic nitrogens is 2. The molecular formula is C15H17N3O3. The Balaban J connectivity index is 2.11. The van der Waals surface area contributed by atoms with Gasteiger partial charge >= 0.3 is 5.97 Å². The second-order valence-electron chi connectivity index (χ2n) is 4.93. The van der Waals surface area contributed by atoms with Crippen LogP contribution >= 0.6 is 0 Å². The number of hydrogen-bond acceptors (Lipinski definition) is 3. The van der Waals surface area contributed by atoms with Crippen LogP contribution in [-0.4, -0.2) is 32.8 Å². The molecule has 2 rings (SSSR count). The number of rotatable bonds is 5. The van der Waals surface area contributed by atoms with Gasteiger partial charge in [0.15, 0.2) is 0 Å². The molecule has 2 N–H and O–H groups in total. The zero-order chi connectivity index (χ0) is 15.4. The van der Waals surface area contributed by atoms with Crippen molar-refractivity contribution in [2.75, 3.05) is 0 Å². The maximum absolute atomic E-state index is 12.0. The largest absolute Gasteiger partial charge is 0.481 e. The lowest BCUT2D eigenvalue weighted by Crippen LogP contribution is -2.33. The predicted octanol–water partition coefficient (Wildman–Crippen LogP) is 1.77. The number of amides is 1. The van der Waals surface area contributed by atoms with E-state index in [0.29, 0.717) is 5.56 Å². The maximum atomic E-state index is 12.0. The minimum absolute atomic E-state index is 0.113. The second-order valence-corrected chi connectivity index (χ2v) is 4.93. The van der Waals surface area contributed by atoms with Gasteiger partial charge in [-0.15, -0.1) is 0 Å². The van der Waals surface area contributed by atoms with Gasteiger partial charge in [-0.2, -0.15) is 5.10 Å². The van der Waals surface area contributed by atoms with E-state index in [1.807, 2.05) is 31.2 Å². The standard InChI is InChI=1S/C15H17N3O3/c1-10-5-3-4-6-13(10)18-9-12(8-16-18)15(21)17-11(2)7-14(19)20/h3-6,8-9,11H,7H2,1-2H3,(H,17,21)(H,19,20). The summed E-state index contributed by atoms with van der Waals surface area (Å²) in [6, 6.07) is 7.28. The molecule has 6 nitrogen and oxygen atoms in total. The van der Waals surface area contributed by atoms with Crippen molar-refractivity contribution in [3.05, 3.63) is 47.8 Å². The van der Waals surface area contributed by atoms with Crippen LogP contribution in [0.5, 0.6) is 0 Å². The Bertz CT molecular complexity index is 664. The minimum Gasteiger partial charge on any atom is -0.481 e. The van der Waals surface area contributed by atoms with Crippen molar-refractivity contribution in [2.45, 2.75) is 26.3 Å². The van der Waals surface area contributed by atoms with Crippen molar-refractivity contribution in [3.63, 3.8) is 0 Å². The van der Waals surface area contributed by atoms with E-state index < -0.39 is 12.0 Å². The first-order valence-electron chi connectivity index (χ1n) is 6.60. The fourth-order valence-corrected chi connectivity index (χ4v) is 2.01. The molecule has 0 spiro atoms. The quantitative estimate of drug-likeness (QED) is 0.877. The van der Waals surface area contributed by atoms with E-state index in [-0.39, 0.29) is 12.3 Å². The normalized spacial score (nSPS) is 11.9. The maximum Gasteiger partial charge on any atom is 0.305 e. The van der Waals surface area contributed by atoms with Gasteiger partial charge < -0.3 is 10.4 Å². The summed E-state index contributed by atoms with van der Waals surface area (Å²) in [7, 11) is 0. The topological polar surface area (TPSA) is 84.2 Å². The van der Waals surface area contributed by atoms with Gasteiger partial charge in [-0.25, -0.2) is 4.68 Å². The van der Waals surface area contributed by atoms with Gasteiger partial charge in [-0.3, -0.25) is 9.59 Å². The molecular weight excluding hydrogens is 270 g/mol. The predicted molar refractivity (Wildman–Crippen MR) is 77.5 cm³/mol. The van der Waals surface area contributed by atoms with E-state index in [0.717, 1.165) is 11.3 Å². The van der Waals surface area contributed by atoms with E-state index in [1.54, 1.807) is 17.8 Å². The van der Waals surface area contributed by atoms with Crippen LogP contribution < -0.4 is 5.32 Å². The molecule has 1 atom stereocenters. The number of carbonyl (C=O) groups excluding carboxylic acids is 1. The highest BCUT2D eigenvalue weighted by Gasteiger charge is 2.14. The SMILES string of the molecule is Cc1ccccc1-n1cc(C(=O)NC(C)CC(=O)O)cn1. The molecule has 2 aromatic rings. The Morgan fingerprint density at radius 1 is 1.38 bits per heavy atom. The summed E-state index contributed by atoms with van der Waals surface area (Å²) in [5.74, 6) is -1.28. The third-order valence-electron chi connectivity index (χ3n) is 3.07. The Morgan fingerprint density at radius 3 is 2.76 bits per heavy atom. The molecule has 0 fully saturated rings. The van der Waals surface area contributed by atoms with Crippen LogP contribution in [0.25, 0.3) is 5.69 Å². The van der Waals surface area contributed by atoms with Gasteiger partial charge in [0, 0.05) is 12.2 Å². The highest BCUT2D eigenvalue weighted by molar-refractivity contribution is 5.94. The summed E-state index contributed by atoms with van der Waals surface area (Å²) in [5.41, 5.74) is 2.34. The third kappa shape index (κ3) is 3.68. The van der Waals surface area contributed by atoms with Crippen LogP contribution in [0, 0.1) is 6.92 Å². The summed E-state index contributed by atoms with van der Waals surface area (Å²) in [4.78, 5) is 22.6. The van der Waals surface area contributed by atoms with Crippen molar-refractivity contribution < 1.29 is 14.7 Å². The van der Waals surface area contributed by atoms with Crippen molar-refractivity contribution in [2.24, 2.45) is 0 Å². The van der Waals surface area contributed by atoms with Gasteiger partial charge in [0.2, 0.25) is 0 Å². The van der Waals surface area contributed by atoms with Gasteiger partial charge in [0.1, 0.15) is 0 Å². The molecule has 0 radical (unpaired) electrons. The third-order valence-corrected chi connectivity index (χ3v) is 3.07. The number of benzene rings is 1. The molecule has 1 aromatic carbocycles. The molecule has 0 aliphatic heterocycles. The number of carboxylic acids is 1. The molecule has 1 amide bonds.